The summed E-state index contributed by atoms with van der Waals surface area (Å²) in [7, 11) is 1.61. The van der Waals surface area contributed by atoms with Crippen molar-refractivity contribution in [3.8, 4) is 11.5 Å². The van der Waals surface area contributed by atoms with Gasteiger partial charge in [-0.1, -0.05) is 24.3 Å². The fourth-order valence-electron chi connectivity index (χ4n) is 2.20. The van der Waals surface area contributed by atoms with Crippen LogP contribution in [0.1, 0.15) is 12.0 Å². The zero-order valence-corrected chi connectivity index (χ0v) is 14.1. The van der Waals surface area contributed by atoms with Crippen LogP contribution in [-0.2, 0) is 13.1 Å². The normalized spacial score (nSPS) is 10.5. The van der Waals surface area contributed by atoms with E-state index in [9.17, 15) is 0 Å². The summed E-state index contributed by atoms with van der Waals surface area (Å²) >= 11 is 6.28. The summed E-state index contributed by atoms with van der Waals surface area (Å²) in [5, 5.41) is 3.94. The van der Waals surface area contributed by atoms with E-state index in [1.54, 1.807) is 19.4 Å². The fourth-order valence-corrected chi connectivity index (χ4v) is 2.48. The van der Waals surface area contributed by atoms with E-state index in [0.717, 1.165) is 31.6 Å². The second-order valence-corrected chi connectivity index (χ2v) is 5.45. The Hall–Kier alpha value is -1.98. The number of benzene rings is 1. The minimum atomic E-state index is 0.391. The van der Waals surface area contributed by atoms with E-state index >= 15 is 0 Å². The Morgan fingerprint density at radius 2 is 2.30 bits per heavy atom. The number of nitrogens with one attached hydrogen (secondary N) is 1. The predicted octanol–water partition coefficient (Wildman–Crippen LogP) is 3.29. The number of ether oxygens (including phenoxy) is 2. The zero-order chi connectivity index (χ0) is 16.5. The summed E-state index contributed by atoms with van der Waals surface area (Å²) in [5.41, 5.74) is 1.06. The van der Waals surface area contributed by atoms with Gasteiger partial charge in [-0.15, -0.1) is 0 Å². The molecule has 0 aliphatic carbocycles. The molecule has 1 aromatic heterocycles. The second-order valence-electron chi connectivity index (χ2n) is 5.04. The maximum Gasteiger partial charge on any atom is 0.180 e. The maximum absolute atomic E-state index is 6.28. The molecule has 0 unspecified atom stereocenters. The molecule has 1 heterocycles. The van der Waals surface area contributed by atoms with Crippen LogP contribution in [0.4, 0.5) is 0 Å². The molecule has 124 valence electrons. The van der Waals surface area contributed by atoms with Gasteiger partial charge in [-0.2, -0.15) is 0 Å². The summed E-state index contributed by atoms with van der Waals surface area (Å²) < 4.78 is 13.0. The fraction of sp³-hybridized carbons (Fsp3) is 0.353. The average molecular weight is 336 g/mol. The van der Waals surface area contributed by atoms with Gasteiger partial charge in [0.25, 0.3) is 0 Å². The molecule has 1 aromatic carbocycles. The molecular formula is C17H22ClN3O2. The topological polar surface area (TPSA) is 48.3 Å². The third-order valence-corrected chi connectivity index (χ3v) is 3.57. The molecule has 0 bridgehead atoms. The van der Waals surface area contributed by atoms with Crippen LogP contribution in [0.25, 0.3) is 0 Å². The molecule has 6 heteroatoms. The van der Waals surface area contributed by atoms with Crippen molar-refractivity contribution in [3.63, 3.8) is 0 Å². The number of hydrogen-bond acceptors (Lipinski definition) is 4. The van der Waals surface area contributed by atoms with Gasteiger partial charge in [0, 0.05) is 25.5 Å². The van der Waals surface area contributed by atoms with Gasteiger partial charge in [-0.05, 0) is 30.7 Å². The standard InChI is InChI=1S/C17H22ClN3O2/c1-3-9-23-17-15(18)10-14(11-16(17)22-2)12-19-5-4-7-21-8-6-20-13-21/h3,6,8,10-11,13,19H,1,4-5,7,9,12H2,2H3. The van der Waals surface area contributed by atoms with Crippen molar-refractivity contribution >= 4 is 11.6 Å². The third-order valence-electron chi connectivity index (χ3n) is 3.29. The van der Waals surface area contributed by atoms with Crippen molar-refractivity contribution in [1.29, 1.82) is 0 Å². The minimum Gasteiger partial charge on any atom is -0.493 e. The molecule has 0 radical (unpaired) electrons. The van der Waals surface area contributed by atoms with Gasteiger partial charge in [-0.3, -0.25) is 0 Å². The zero-order valence-electron chi connectivity index (χ0n) is 13.3. The van der Waals surface area contributed by atoms with Gasteiger partial charge in [0.1, 0.15) is 6.61 Å². The van der Waals surface area contributed by atoms with Gasteiger partial charge < -0.3 is 19.4 Å². The minimum absolute atomic E-state index is 0.391. The average Bonchev–Trinajstić information content (AvgIpc) is 3.06. The maximum atomic E-state index is 6.28. The van der Waals surface area contributed by atoms with Crippen LogP contribution >= 0.6 is 11.6 Å². The summed E-state index contributed by atoms with van der Waals surface area (Å²) in [5.74, 6) is 1.19. The number of nitrogens with zero attached hydrogens (tertiary/aromatic N) is 2. The Kier molecular flexibility index (Phi) is 6.97. The van der Waals surface area contributed by atoms with Gasteiger partial charge in [0.15, 0.2) is 11.5 Å². The van der Waals surface area contributed by atoms with Crippen LogP contribution in [0.2, 0.25) is 5.02 Å². The van der Waals surface area contributed by atoms with Crippen molar-refractivity contribution < 1.29 is 9.47 Å². The Morgan fingerprint density at radius 1 is 1.43 bits per heavy atom. The number of aromatic nitrogens is 2. The molecule has 5 nitrogen and oxygen atoms in total. The lowest BCUT2D eigenvalue weighted by atomic mass is 10.2. The molecule has 0 atom stereocenters. The second kappa shape index (κ2) is 9.22. The largest absolute Gasteiger partial charge is 0.493 e. The highest BCUT2D eigenvalue weighted by Crippen LogP contribution is 2.36. The van der Waals surface area contributed by atoms with Crippen LogP contribution < -0.4 is 14.8 Å². The summed E-state index contributed by atoms with van der Waals surface area (Å²) in [6, 6.07) is 3.83. The number of rotatable bonds is 10. The van der Waals surface area contributed by atoms with E-state index in [4.69, 9.17) is 21.1 Å². The van der Waals surface area contributed by atoms with Gasteiger partial charge in [0.2, 0.25) is 0 Å². The molecule has 0 spiro atoms. The van der Waals surface area contributed by atoms with Crippen molar-refractivity contribution in [3.05, 3.63) is 54.1 Å². The van der Waals surface area contributed by atoms with Gasteiger partial charge >= 0.3 is 0 Å². The molecule has 2 rings (SSSR count). The smallest absolute Gasteiger partial charge is 0.180 e. The first-order valence-electron chi connectivity index (χ1n) is 7.51. The van der Waals surface area contributed by atoms with E-state index in [1.165, 1.54) is 0 Å². The SMILES string of the molecule is C=CCOc1c(Cl)cc(CNCCCn2ccnc2)cc1OC. The Balaban J connectivity index is 1.84. The monoisotopic (exact) mass is 335 g/mol. The summed E-state index contributed by atoms with van der Waals surface area (Å²) in [4.78, 5) is 4.02. The molecule has 0 saturated heterocycles. The Labute approximate surface area is 141 Å². The van der Waals surface area contributed by atoms with Crippen LogP contribution in [0, 0.1) is 0 Å². The van der Waals surface area contributed by atoms with Crippen molar-refractivity contribution in [2.75, 3.05) is 20.3 Å². The molecule has 0 aliphatic heterocycles. The highest BCUT2D eigenvalue weighted by molar-refractivity contribution is 6.32. The summed E-state index contributed by atoms with van der Waals surface area (Å²) in [6.45, 7) is 6.60. The van der Waals surface area contributed by atoms with Crippen molar-refractivity contribution in [2.24, 2.45) is 0 Å². The van der Waals surface area contributed by atoms with E-state index in [-0.39, 0.29) is 0 Å². The predicted molar refractivity (Wildman–Crippen MR) is 92.2 cm³/mol. The Morgan fingerprint density at radius 3 is 3.00 bits per heavy atom. The van der Waals surface area contributed by atoms with Gasteiger partial charge in [-0.25, -0.2) is 4.98 Å². The van der Waals surface area contributed by atoms with E-state index in [1.807, 2.05) is 24.7 Å². The molecule has 0 saturated carbocycles. The third kappa shape index (κ3) is 5.30. The van der Waals surface area contributed by atoms with Crippen LogP contribution in [-0.4, -0.2) is 29.8 Å². The molecule has 2 aromatic rings. The quantitative estimate of drug-likeness (QED) is 0.534. The highest BCUT2D eigenvalue weighted by atomic mass is 35.5. The van der Waals surface area contributed by atoms with Gasteiger partial charge in [0.05, 0.1) is 18.5 Å². The lowest BCUT2D eigenvalue weighted by Gasteiger charge is -2.13. The molecule has 0 amide bonds. The molecular weight excluding hydrogens is 314 g/mol. The number of methoxy groups -OCH3 is 1. The lowest BCUT2D eigenvalue weighted by Crippen LogP contribution is -2.16. The molecule has 0 aliphatic rings. The number of imidazole rings is 1. The van der Waals surface area contributed by atoms with Crippen molar-refractivity contribution in [2.45, 2.75) is 19.5 Å². The number of hydrogen-bond donors (Lipinski definition) is 1. The first-order valence-corrected chi connectivity index (χ1v) is 7.89. The molecule has 1 N–H and O–H groups in total. The van der Waals surface area contributed by atoms with Crippen LogP contribution in [0.3, 0.4) is 0 Å². The first kappa shape index (κ1) is 17.4. The number of aryl methyl sites for hydroxylation is 1. The molecule has 0 fully saturated rings. The lowest BCUT2D eigenvalue weighted by molar-refractivity contribution is 0.326. The van der Waals surface area contributed by atoms with Crippen molar-refractivity contribution in [1.82, 2.24) is 14.9 Å². The van der Waals surface area contributed by atoms with E-state index in [0.29, 0.717) is 23.1 Å². The molecule has 23 heavy (non-hydrogen) atoms. The highest BCUT2D eigenvalue weighted by Gasteiger charge is 2.11. The van der Waals surface area contributed by atoms with Crippen LogP contribution in [0.15, 0.2) is 43.5 Å². The van der Waals surface area contributed by atoms with E-state index in [2.05, 4.69) is 21.4 Å². The Bertz CT molecular complexity index is 615. The first-order chi connectivity index (χ1) is 11.2. The van der Waals surface area contributed by atoms with Crippen LogP contribution in [0.5, 0.6) is 11.5 Å². The summed E-state index contributed by atoms with van der Waals surface area (Å²) in [6.07, 6.45) is 8.28. The van der Waals surface area contributed by atoms with E-state index < -0.39 is 0 Å². The number of halogens is 1.